The van der Waals surface area contributed by atoms with Gasteiger partial charge in [0.1, 0.15) is 17.6 Å². The van der Waals surface area contributed by atoms with Crippen molar-refractivity contribution < 1.29 is 4.79 Å². The molecule has 0 fully saturated rings. The maximum atomic E-state index is 10.3. The second kappa shape index (κ2) is 3.88. The summed E-state index contributed by atoms with van der Waals surface area (Å²) in [6.07, 6.45) is 1.62. The first kappa shape index (κ1) is 9.34. The van der Waals surface area contributed by atoms with Gasteiger partial charge in [-0.3, -0.25) is 0 Å². The Kier molecular flexibility index (Phi) is 2.59. The first-order chi connectivity index (χ1) is 6.83. The third-order valence-corrected chi connectivity index (χ3v) is 4.53. The molecule has 2 nitrogen and oxygen atoms in total. The number of carbonyl (C=O) groups excluding carboxylic acids is 1. The molecule has 0 aliphatic rings. The number of aryl methyl sites for hydroxylation is 2. The maximum absolute atomic E-state index is 10.3. The molecule has 1 heterocycles. The third kappa shape index (κ3) is 1.55. The van der Waals surface area contributed by atoms with Gasteiger partial charge in [0.2, 0.25) is 9.71 Å². The van der Waals surface area contributed by atoms with Crippen molar-refractivity contribution in [2.75, 3.05) is 0 Å². The summed E-state index contributed by atoms with van der Waals surface area (Å²) < 4.78 is 1.30. The maximum Gasteiger partial charge on any atom is 0.240 e. The smallest absolute Gasteiger partial charge is 0.240 e. The first-order valence-electron chi connectivity index (χ1n) is 4.62. The standard InChI is InChI=1S/C11H12NOS/c1-9-12-10-5-2-3-6-11(10)14(9)8-4-7-13/h2-3,5-7H,4,8H2,1H3/q+1. The van der Waals surface area contributed by atoms with E-state index in [-0.39, 0.29) is 10.5 Å². The Morgan fingerprint density at radius 3 is 3.00 bits per heavy atom. The van der Waals surface area contributed by atoms with Gasteiger partial charge in [0.15, 0.2) is 0 Å². The van der Waals surface area contributed by atoms with E-state index in [0.29, 0.717) is 6.42 Å². The number of aldehydes is 1. The number of carbonyl (C=O) groups is 1. The number of rotatable bonds is 3. The summed E-state index contributed by atoms with van der Waals surface area (Å²) in [6.45, 7) is 2.05. The average Bonchev–Trinajstić information content (AvgIpc) is 2.51. The summed E-state index contributed by atoms with van der Waals surface area (Å²) in [4.78, 5) is 14.8. The highest BCUT2D eigenvalue weighted by molar-refractivity contribution is 7.36. The largest absolute Gasteiger partial charge is 0.303 e. The van der Waals surface area contributed by atoms with Crippen LogP contribution in [0.1, 0.15) is 11.4 Å². The number of fused-ring (bicyclic) bond motifs is 1. The summed E-state index contributed by atoms with van der Waals surface area (Å²) in [7, 11) is 0.0719. The molecule has 14 heavy (non-hydrogen) atoms. The van der Waals surface area contributed by atoms with Gasteiger partial charge in [-0.05, 0) is 6.07 Å². The number of aromatic nitrogens is 1. The Morgan fingerprint density at radius 1 is 1.43 bits per heavy atom. The van der Waals surface area contributed by atoms with Gasteiger partial charge in [-0.15, -0.1) is 0 Å². The molecule has 0 bridgehead atoms. The SMILES string of the molecule is Cc1nc2ccccc2[s+]1CCC=O. The van der Waals surface area contributed by atoms with Crippen LogP contribution in [0.4, 0.5) is 0 Å². The van der Waals surface area contributed by atoms with Crippen molar-refractivity contribution in [3.8, 4) is 0 Å². The Hall–Kier alpha value is -1.22. The molecule has 2 rings (SSSR count). The summed E-state index contributed by atoms with van der Waals surface area (Å²) in [5, 5.41) is 1.16. The molecule has 0 aliphatic carbocycles. The van der Waals surface area contributed by atoms with Gasteiger partial charge in [-0.2, -0.15) is 4.98 Å². The van der Waals surface area contributed by atoms with Crippen molar-refractivity contribution in [1.29, 1.82) is 0 Å². The molecule has 0 N–H and O–H groups in total. The van der Waals surface area contributed by atoms with Crippen molar-refractivity contribution in [2.45, 2.75) is 19.1 Å². The molecule has 0 aliphatic heterocycles. The predicted octanol–water partition coefficient (Wildman–Crippen LogP) is 2.88. The van der Waals surface area contributed by atoms with Crippen molar-refractivity contribution in [3.63, 3.8) is 0 Å². The molecule has 1 aromatic carbocycles. The van der Waals surface area contributed by atoms with Crippen molar-refractivity contribution in [2.24, 2.45) is 0 Å². The van der Waals surface area contributed by atoms with Gasteiger partial charge in [-0.25, -0.2) is 0 Å². The zero-order chi connectivity index (χ0) is 9.97. The third-order valence-electron chi connectivity index (χ3n) is 2.21. The van der Waals surface area contributed by atoms with Crippen molar-refractivity contribution in [3.05, 3.63) is 29.3 Å². The quantitative estimate of drug-likeness (QED) is 0.571. The molecule has 2 aromatic rings. The van der Waals surface area contributed by atoms with E-state index in [1.165, 1.54) is 4.70 Å². The molecule has 0 saturated heterocycles. The Morgan fingerprint density at radius 2 is 2.21 bits per heavy atom. The fraction of sp³-hybridized carbons (Fsp3) is 0.273. The van der Waals surface area contributed by atoms with E-state index >= 15 is 0 Å². The summed E-state index contributed by atoms with van der Waals surface area (Å²) >= 11 is 0. The lowest BCUT2D eigenvalue weighted by Crippen LogP contribution is -1.77. The van der Waals surface area contributed by atoms with Crippen LogP contribution < -0.4 is 0 Å². The minimum Gasteiger partial charge on any atom is -0.303 e. The first-order valence-corrected chi connectivity index (χ1v) is 6.01. The van der Waals surface area contributed by atoms with Crippen LogP contribution in [0.3, 0.4) is 0 Å². The van der Waals surface area contributed by atoms with Crippen LogP contribution in [-0.4, -0.2) is 11.3 Å². The van der Waals surface area contributed by atoms with Crippen LogP contribution in [0.15, 0.2) is 24.3 Å². The number of nitrogens with zero attached hydrogens (tertiary/aromatic N) is 1. The van der Waals surface area contributed by atoms with Crippen LogP contribution in [-0.2, 0) is 10.5 Å². The van der Waals surface area contributed by atoms with E-state index in [0.717, 1.165) is 22.6 Å². The molecule has 0 radical (unpaired) electrons. The van der Waals surface area contributed by atoms with E-state index in [1.807, 2.05) is 25.1 Å². The van der Waals surface area contributed by atoms with E-state index in [2.05, 4.69) is 11.1 Å². The minimum absolute atomic E-state index is 0.0719. The molecular weight excluding hydrogens is 194 g/mol. The fourth-order valence-corrected chi connectivity index (χ4v) is 3.55. The molecule has 0 saturated carbocycles. The topological polar surface area (TPSA) is 30.0 Å². The van der Waals surface area contributed by atoms with Crippen molar-refractivity contribution in [1.82, 2.24) is 4.98 Å². The Bertz CT molecular complexity index is 461. The molecule has 72 valence electrons. The summed E-state index contributed by atoms with van der Waals surface area (Å²) in [6, 6.07) is 8.19. The monoisotopic (exact) mass is 206 g/mol. The highest BCUT2D eigenvalue weighted by Gasteiger charge is 2.17. The lowest BCUT2D eigenvalue weighted by Gasteiger charge is -1.86. The molecule has 1 unspecified atom stereocenters. The van der Waals surface area contributed by atoms with E-state index in [4.69, 9.17) is 0 Å². The molecule has 1 atom stereocenters. The number of para-hydroxylation sites is 1. The zero-order valence-electron chi connectivity index (χ0n) is 8.06. The average molecular weight is 206 g/mol. The molecule has 1 aromatic heterocycles. The number of benzene rings is 1. The fourth-order valence-electron chi connectivity index (χ4n) is 1.57. The molecule has 0 amide bonds. The summed E-state index contributed by atoms with van der Waals surface area (Å²) in [5.74, 6) is 0.913. The molecular formula is C11H12NOS+. The van der Waals surface area contributed by atoms with Gasteiger partial charge < -0.3 is 4.79 Å². The van der Waals surface area contributed by atoms with E-state index in [1.54, 1.807) is 0 Å². The van der Waals surface area contributed by atoms with Crippen LogP contribution >= 0.6 is 10.5 Å². The van der Waals surface area contributed by atoms with E-state index in [9.17, 15) is 4.79 Å². The Labute approximate surface area is 85.6 Å². The van der Waals surface area contributed by atoms with Gasteiger partial charge in [0, 0.05) is 23.5 Å². The number of hydrogen-bond acceptors (Lipinski definition) is 2. The molecule has 3 heteroatoms. The summed E-state index contributed by atoms with van der Waals surface area (Å²) in [5.41, 5.74) is 1.08. The zero-order valence-corrected chi connectivity index (χ0v) is 8.88. The van der Waals surface area contributed by atoms with Crippen LogP contribution in [0.5, 0.6) is 0 Å². The van der Waals surface area contributed by atoms with Crippen molar-refractivity contribution >= 4 is 27.0 Å². The van der Waals surface area contributed by atoms with Gasteiger partial charge in [0.25, 0.3) is 0 Å². The minimum atomic E-state index is 0.0719. The van der Waals surface area contributed by atoms with Crippen LogP contribution in [0, 0.1) is 6.92 Å². The number of thiazole rings is 1. The molecule has 0 spiro atoms. The van der Waals surface area contributed by atoms with Gasteiger partial charge in [0.05, 0.1) is 6.42 Å². The Balaban J connectivity index is 2.50. The highest BCUT2D eigenvalue weighted by atomic mass is 32.2. The van der Waals surface area contributed by atoms with Crippen LogP contribution in [0.25, 0.3) is 10.2 Å². The second-order valence-corrected chi connectivity index (χ2v) is 5.37. The van der Waals surface area contributed by atoms with Crippen LogP contribution in [0.2, 0.25) is 0 Å². The van der Waals surface area contributed by atoms with Gasteiger partial charge >= 0.3 is 0 Å². The lowest BCUT2D eigenvalue weighted by molar-refractivity contribution is -0.107. The van der Waals surface area contributed by atoms with Gasteiger partial charge in [-0.1, -0.05) is 12.1 Å². The number of hydrogen-bond donors (Lipinski definition) is 0. The predicted molar refractivity (Wildman–Crippen MR) is 59.6 cm³/mol. The second-order valence-electron chi connectivity index (χ2n) is 3.15. The van der Waals surface area contributed by atoms with E-state index < -0.39 is 0 Å². The lowest BCUT2D eigenvalue weighted by atomic mass is 10.3. The normalized spacial score (nSPS) is 11.9. The highest BCUT2D eigenvalue weighted by Crippen LogP contribution is 2.34.